The van der Waals surface area contributed by atoms with E-state index in [0.717, 1.165) is 38.2 Å². The molecule has 1 aromatic carbocycles. The van der Waals surface area contributed by atoms with E-state index in [-0.39, 0.29) is 0 Å². The van der Waals surface area contributed by atoms with Gasteiger partial charge in [-0.1, -0.05) is 23.4 Å². The van der Waals surface area contributed by atoms with Gasteiger partial charge in [-0.25, -0.2) is 0 Å². The molecule has 3 rings (SSSR count). The van der Waals surface area contributed by atoms with Gasteiger partial charge >= 0.3 is 0 Å². The van der Waals surface area contributed by atoms with Gasteiger partial charge in [-0.3, -0.25) is 0 Å². The minimum Gasteiger partial charge on any atom is -0.411 e. The Morgan fingerprint density at radius 2 is 2.06 bits per heavy atom. The van der Waals surface area contributed by atoms with Gasteiger partial charge in [-0.2, -0.15) is 0 Å². The number of hydrogen-bond acceptors (Lipinski definition) is 4. The van der Waals surface area contributed by atoms with Gasteiger partial charge in [0, 0.05) is 42.6 Å². The quantitative estimate of drug-likeness (QED) is 0.657. The molecule has 2 aliphatic rings. The van der Waals surface area contributed by atoms with Crippen LogP contribution in [-0.2, 0) is 6.42 Å². The van der Waals surface area contributed by atoms with Gasteiger partial charge in [-0.15, -0.1) is 11.8 Å². The third kappa shape index (κ3) is 2.54. The Labute approximate surface area is 112 Å². The van der Waals surface area contributed by atoms with Crippen molar-refractivity contribution < 1.29 is 5.21 Å². The van der Waals surface area contributed by atoms with Gasteiger partial charge in [0.15, 0.2) is 0 Å². The van der Waals surface area contributed by atoms with Crippen molar-refractivity contribution in [2.45, 2.75) is 29.4 Å². The van der Waals surface area contributed by atoms with E-state index < -0.39 is 0 Å². The normalized spacial score (nSPS) is 24.0. The molecule has 1 unspecified atom stereocenters. The summed E-state index contributed by atoms with van der Waals surface area (Å²) in [5.41, 5.74) is 2.45. The van der Waals surface area contributed by atoms with E-state index in [9.17, 15) is 0 Å². The second-order valence-corrected chi connectivity index (χ2v) is 6.36. The number of likely N-dealkylation sites (tertiary alicyclic amines) is 1. The lowest BCUT2D eigenvalue weighted by Gasteiger charge is -2.28. The highest BCUT2D eigenvalue weighted by molar-refractivity contribution is 8.00. The summed E-state index contributed by atoms with van der Waals surface area (Å²) in [6, 6.07) is 8.73. The van der Waals surface area contributed by atoms with Gasteiger partial charge in [0.2, 0.25) is 0 Å². The van der Waals surface area contributed by atoms with Gasteiger partial charge < -0.3 is 10.1 Å². The highest BCUT2D eigenvalue weighted by Gasteiger charge is 2.25. The number of hydrogen-bond donors (Lipinski definition) is 1. The number of thioether (sulfide) groups is 1. The van der Waals surface area contributed by atoms with Crippen molar-refractivity contribution in [2.24, 2.45) is 5.16 Å². The van der Waals surface area contributed by atoms with Crippen molar-refractivity contribution >= 4 is 17.5 Å². The summed E-state index contributed by atoms with van der Waals surface area (Å²) in [4.78, 5) is 3.95. The average molecular weight is 262 g/mol. The van der Waals surface area contributed by atoms with Crippen molar-refractivity contribution in [3.8, 4) is 0 Å². The Morgan fingerprint density at radius 3 is 2.78 bits per heavy atom. The first-order chi connectivity index (χ1) is 8.85. The molecule has 3 nitrogen and oxygen atoms in total. The second kappa shape index (κ2) is 5.33. The van der Waals surface area contributed by atoms with Crippen LogP contribution in [0, 0.1) is 0 Å². The van der Waals surface area contributed by atoms with Crippen LogP contribution in [-0.4, -0.2) is 40.7 Å². The van der Waals surface area contributed by atoms with Crippen LogP contribution >= 0.6 is 11.8 Å². The highest BCUT2D eigenvalue weighted by Crippen LogP contribution is 2.37. The summed E-state index contributed by atoms with van der Waals surface area (Å²) in [6.45, 7) is 3.22. The van der Waals surface area contributed by atoms with Crippen LogP contribution in [0.1, 0.15) is 18.4 Å². The first-order valence-corrected chi connectivity index (χ1v) is 7.40. The van der Waals surface area contributed by atoms with E-state index in [4.69, 9.17) is 5.21 Å². The molecule has 4 heteroatoms. The maximum Gasteiger partial charge on any atom is 0.0596 e. The standard InChI is InChI=1S/C14H18N2OS/c17-15-12-5-7-16(8-6-12)10-13-9-11-3-1-2-4-14(11)18-13/h1-4,13,17H,5-10H2. The lowest BCUT2D eigenvalue weighted by molar-refractivity contribution is 0.264. The molecule has 1 atom stereocenters. The van der Waals surface area contributed by atoms with Crippen LogP contribution in [0.25, 0.3) is 0 Å². The number of nitrogens with zero attached hydrogens (tertiary/aromatic N) is 2. The zero-order valence-electron chi connectivity index (χ0n) is 10.4. The van der Waals surface area contributed by atoms with Crippen molar-refractivity contribution in [3.63, 3.8) is 0 Å². The third-order valence-electron chi connectivity index (χ3n) is 3.75. The van der Waals surface area contributed by atoms with E-state index >= 15 is 0 Å². The Kier molecular flexibility index (Phi) is 3.57. The number of fused-ring (bicyclic) bond motifs is 1. The maximum atomic E-state index is 8.75. The minimum absolute atomic E-state index is 0.690. The number of oxime groups is 1. The van der Waals surface area contributed by atoms with Gasteiger partial charge in [-0.05, 0) is 18.1 Å². The van der Waals surface area contributed by atoms with Gasteiger partial charge in [0.25, 0.3) is 0 Å². The lowest BCUT2D eigenvalue weighted by Crippen LogP contribution is -2.38. The molecule has 2 aliphatic heterocycles. The van der Waals surface area contributed by atoms with Crippen LogP contribution in [0.3, 0.4) is 0 Å². The molecule has 0 spiro atoms. The third-order valence-corrected chi connectivity index (χ3v) is 5.05. The maximum absolute atomic E-state index is 8.75. The van der Waals surface area contributed by atoms with E-state index in [2.05, 4.69) is 34.3 Å². The first kappa shape index (κ1) is 12.1. The summed E-state index contributed by atoms with van der Waals surface area (Å²) < 4.78 is 0. The fraction of sp³-hybridized carbons (Fsp3) is 0.500. The molecule has 1 aromatic rings. The van der Waals surface area contributed by atoms with Crippen molar-refractivity contribution in [2.75, 3.05) is 19.6 Å². The molecule has 0 saturated carbocycles. The topological polar surface area (TPSA) is 35.8 Å². The van der Waals surface area contributed by atoms with Crippen LogP contribution in [0.4, 0.5) is 0 Å². The number of benzene rings is 1. The molecule has 96 valence electrons. The predicted molar refractivity (Wildman–Crippen MR) is 74.7 cm³/mol. The number of rotatable bonds is 2. The van der Waals surface area contributed by atoms with Crippen LogP contribution in [0.5, 0.6) is 0 Å². The molecular weight excluding hydrogens is 244 g/mol. The van der Waals surface area contributed by atoms with Gasteiger partial charge in [0.05, 0.1) is 5.71 Å². The second-order valence-electron chi connectivity index (χ2n) is 5.02. The Hall–Kier alpha value is -1.00. The van der Waals surface area contributed by atoms with E-state index in [1.165, 1.54) is 16.9 Å². The summed E-state index contributed by atoms with van der Waals surface area (Å²) >= 11 is 2.02. The Morgan fingerprint density at radius 1 is 1.28 bits per heavy atom. The molecule has 0 bridgehead atoms. The molecule has 1 saturated heterocycles. The monoisotopic (exact) mass is 262 g/mol. The summed E-state index contributed by atoms with van der Waals surface area (Å²) in [5.74, 6) is 0. The lowest BCUT2D eigenvalue weighted by atomic mass is 10.1. The zero-order chi connectivity index (χ0) is 12.4. The van der Waals surface area contributed by atoms with Gasteiger partial charge in [0.1, 0.15) is 0 Å². The molecule has 2 heterocycles. The molecule has 0 amide bonds. The van der Waals surface area contributed by atoms with Crippen LogP contribution in [0.15, 0.2) is 34.3 Å². The molecule has 1 N–H and O–H groups in total. The predicted octanol–water partition coefficient (Wildman–Crippen LogP) is 2.63. The largest absolute Gasteiger partial charge is 0.411 e. The first-order valence-electron chi connectivity index (χ1n) is 6.52. The van der Waals surface area contributed by atoms with Crippen molar-refractivity contribution in [1.29, 1.82) is 0 Å². The van der Waals surface area contributed by atoms with Crippen molar-refractivity contribution in [1.82, 2.24) is 4.90 Å². The summed E-state index contributed by atoms with van der Waals surface area (Å²) in [6.07, 6.45) is 3.03. The zero-order valence-corrected chi connectivity index (χ0v) is 11.2. The Balaban J connectivity index is 1.54. The molecule has 1 fully saturated rings. The SMILES string of the molecule is ON=C1CCN(CC2Cc3ccccc3S2)CC1. The van der Waals surface area contributed by atoms with E-state index in [1.807, 2.05) is 11.8 Å². The molecule has 0 aliphatic carbocycles. The molecule has 18 heavy (non-hydrogen) atoms. The fourth-order valence-corrected chi connectivity index (χ4v) is 4.10. The minimum atomic E-state index is 0.690. The van der Waals surface area contributed by atoms with E-state index in [0.29, 0.717) is 5.25 Å². The molecule has 0 aromatic heterocycles. The molecule has 0 radical (unpaired) electrons. The van der Waals surface area contributed by atoms with Crippen LogP contribution in [0.2, 0.25) is 0 Å². The summed E-state index contributed by atoms with van der Waals surface area (Å²) in [5, 5.41) is 12.8. The highest BCUT2D eigenvalue weighted by atomic mass is 32.2. The number of piperidine rings is 1. The van der Waals surface area contributed by atoms with Crippen molar-refractivity contribution in [3.05, 3.63) is 29.8 Å². The Bertz CT molecular complexity index is 426. The van der Waals surface area contributed by atoms with Crippen LogP contribution < -0.4 is 0 Å². The fourth-order valence-electron chi connectivity index (χ4n) is 2.74. The smallest absolute Gasteiger partial charge is 0.0596 e. The summed E-state index contributed by atoms with van der Waals surface area (Å²) in [7, 11) is 0. The average Bonchev–Trinajstić information content (AvgIpc) is 2.82. The molecular formula is C14H18N2OS. The van der Waals surface area contributed by atoms with E-state index in [1.54, 1.807) is 0 Å².